The SMILES string of the molecule is COc1c(F)cccc1C(=O)N1CCC[C@H](Nc2nc3cc(Cl)ccc3o2)[C@H]1C. The molecule has 0 spiro atoms. The van der Waals surface area contributed by atoms with E-state index in [4.69, 9.17) is 20.8 Å². The second kappa shape index (κ2) is 7.91. The molecular formula is C21H21ClFN3O3. The van der Waals surface area contributed by atoms with Gasteiger partial charge in [-0.15, -0.1) is 0 Å². The lowest BCUT2D eigenvalue weighted by atomic mass is 9.96. The fourth-order valence-corrected chi connectivity index (χ4v) is 3.95. The zero-order valence-electron chi connectivity index (χ0n) is 16.1. The first-order valence-corrected chi connectivity index (χ1v) is 9.82. The summed E-state index contributed by atoms with van der Waals surface area (Å²) >= 11 is 6.01. The lowest BCUT2D eigenvalue weighted by Gasteiger charge is -2.39. The van der Waals surface area contributed by atoms with Gasteiger partial charge < -0.3 is 19.4 Å². The van der Waals surface area contributed by atoms with Gasteiger partial charge in [0.2, 0.25) is 0 Å². The van der Waals surface area contributed by atoms with Crippen molar-refractivity contribution in [3.8, 4) is 5.75 Å². The fraction of sp³-hybridized carbons (Fsp3) is 0.333. The van der Waals surface area contributed by atoms with E-state index in [-0.39, 0.29) is 29.3 Å². The number of anilines is 1. The van der Waals surface area contributed by atoms with Crippen molar-refractivity contribution in [3.63, 3.8) is 0 Å². The lowest BCUT2D eigenvalue weighted by molar-refractivity contribution is 0.0611. The van der Waals surface area contributed by atoms with Crippen molar-refractivity contribution < 1.29 is 18.3 Å². The van der Waals surface area contributed by atoms with Gasteiger partial charge in [-0.05, 0) is 50.1 Å². The van der Waals surface area contributed by atoms with E-state index in [2.05, 4.69) is 10.3 Å². The van der Waals surface area contributed by atoms with Crippen molar-refractivity contribution >= 4 is 34.6 Å². The van der Waals surface area contributed by atoms with Crippen LogP contribution < -0.4 is 10.1 Å². The Morgan fingerprint density at radius 2 is 2.21 bits per heavy atom. The van der Waals surface area contributed by atoms with E-state index in [1.807, 2.05) is 6.92 Å². The first-order chi connectivity index (χ1) is 14.0. The molecule has 4 rings (SSSR count). The van der Waals surface area contributed by atoms with E-state index in [1.165, 1.54) is 19.2 Å². The number of fused-ring (bicyclic) bond motifs is 1. The quantitative estimate of drug-likeness (QED) is 0.664. The third-order valence-electron chi connectivity index (χ3n) is 5.31. The average Bonchev–Trinajstić information content (AvgIpc) is 3.10. The van der Waals surface area contributed by atoms with Gasteiger partial charge in [-0.1, -0.05) is 17.7 Å². The smallest absolute Gasteiger partial charge is 0.295 e. The Labute approximate surface area is 172 Å². The van der Waals surface area contributed by atoms with Crippen molar-refractivity contribution in [2.45, 2.75) is 31.8 Å². The molecule has 3 aromatic rings. The number of aromatic nitrogens is 1. The fourth-order valence-electron chi connectivity index (χ4n) is 3.78. The number of carbonyl (C=O) groups excluding carboxylic acids is 1. The number of hydrogen-bond acceptors (Lipinski definition) is 5. The van der Waals surface area contributed by atoms with Gasteiger partial charge in [0.1, 0.15) is 5.52 Å². The van der Waals surface area contributed by atoms with Crippen LogP contribution in [0, 0.1) is 5.82 Å². The van der Waals surface area contributed by atoms with Crippen LogP contribution in [0.2, 0.25) is 5.02 Å². The third kappa shape index (κ3) is 3.74. The molecule has 1 aromatic heterocycles. The van der Waals surface area contributed by atoms with Crippen LogP contribution in [0.1, 0.15) is 30.1 Å². The number of hydrogen-bond donors (Lipinski definition) is 1. The number of ether oxygens (including phenoxy) is 1. The Balaban J connectivity index is 1.55. The van der Waals surface area contributed by atoms with Crippen molar-refractivity contribution in [2.24, 2.45) is 0 Å². The summed E-state index contributed by atoms with van der Waals surface area (Å²) in [5, 5.41) is 3.88. The number of halogens is 2. The molecule has 0 radical (unpaired) electrons. The molecule has 1 aliphatic rings. The molecule has 0 bridgehead atoms. The zero-order chi connectivity index (χ0) is 20.5. The number of likely N-dealkylation sites (tertiary alicyclic amines) is 1. The van der Waals surface area contributed by atoms with E-state index in [1.54, 1.807) is 29.2 Å². The Kier molecular flexibility index (Phi) is 5.32. The summed E-state index contributed by atoms with van der Waals surface area (Å²) in [5.74, 6) is -0.844. The molecule has 0 aliphatic carbocycles. The summed E-state index contributed by atoms with van der Waals surface area (Å²) in [6, 6.07) is 9.80. The predicted octanol–water partition coefficient (Wildman–Crippen LogP) is 4.73. The van der Waals surface area contributed by atoms with Crippen molar-refractivity contribution in [3.05, 3.63) is 52.8 Å². The van der Waals surface area contributed by atoms with E-state index < -0.39 is 5.82 Å². The second-order valence-electron chi connectivity index (χ2n) is 7.08. The Hall–Kier alpha value is -2.80. The Morgan fingerprint density at radius 3 is 3.00 bits per heavy atom. The number of methoxy groups -OCH3 is 1. The molecule has 8 heteroatoms. The van der Waals surface area contributed by atoms with E-state index in [0.29, 0.717) is 28.7 Å². The molecule has 29 heavy (non-hydrogen) atoms. The monoisotopic (exact) mass is 417 g/mol. The summed E-state index contributed by atoms with van der Waals surface area (Å²) in [4.78, 5) is 19.3. The zero-order valence-corrected chi connectivity index (χ0v) is 16.9. The summed E-state index contributed by atoms with van der Waals surface area (Å²) in [6.07, 6.45) is 1.65. The van der Waals surface area contributed by atoms with Crippen LogP contribution in [0.25, 0.3) is 11.1 Å². The number of nitrogens with zero attached hydrogens (tertiary/aromatic N) is 2. The maximum Gasteiger partial charge on any atom is 0.295 e. The molecule has 1 aliphatic heterocycles. The van der Waals surface area contributed by atoms with Crippen LogP contribution in [0.5, 0.6) is 5.75 Å². The average molecular weight is 418 g/mol. The minimum atomic E-state index is -0.553. The van der Waals surface area contributed by atoms with E-state index in [0.717, 1.165) is 12.8 Å². The first kappa shape index (κ1) is 19.5. The van der Waals surface area contributed by atoms with Crippen LogP contribution in [0.4, 0.5) is 10.4 Å². The van der Waals surface area contributed by atoms with E-state index in [9.17, 15) is 9.18 Å². The molecule has 1 amide bonds. The standard InChI is InChI=1S/C21H21ClFN3O3/c1-12-16(24-21-25-17-11-13(22)8-9-18(17)29-21)7-4-10-26(12)20(27)14-5-3-6-15(23)19(14)28-2/h3,5-6,8-9,11-12,16H,4,7,10H2,1-2H3,(H,24,25)/t12-,16+/m1/s1. The van der Waals surface area contributed by atoms with Crippen LogP contribution in [0.3, 0.4) is 0 Å². The third-order valence-corrected chi connectivity index (χ3v) is 5.54. The number of carbonyl (C=O) groups is 1. The summed E-state index contributed by atoms with van der Waals surface area (Å²) in [6.45, 7) is 2.54. The van der Waals surface area contributed by atoms with Crippen molar-refractivity contribution in [1.29, 1.82) is 0 Å². The highest BCUT2D eigenvalue weighted by atomic mass is 35.5. The van der Waals surface area contributed by atoms with Gasteiger partial charge in [0.25, 0.3) is 11.9 Å². The van der Waals surface area contributed by atoms with Crippen LogP contribution in [-0.2, 0) is 0 Å². The highest BCUT2D eigenvalue weighted by Crippen LogP contribution is 2.29. The van der Waals surface area contributed by atoms with Crippen LogP contribution in [0.15, 0.2) is 40.8 Å². The molecule has 2 heterocycles. The Morgan fingerprint density at radius 1 is 1.38 bits per heavy atom. The number of nitrogens with one attached hydrogen (secondary N) is 1. The largest absolute Gasteiger partial charge is 0.493 e. The number of benzene rings is 2. The Bertz CT molecular complexity index is 1050. The highest BCUT2D eigenvalue weighted by molar-refractivity contribution is 6.31. The maximum absolute atomic E-state index is 14.0. The van der Waals surface area contributed by atoms with Crippen molar-refractivity contribution in [1.82, 2.24) is 9.88 Å². The molecular weight excluding hydrogens is 397 g/mol. The van der Waals surface area contributed by atoms with Gasteiger partial charge in [-0.2, -0.15) is 4.98 Å². The molecule has 1 fully saturated rings. The minimum absolute atomic E-state index is 0.0318. The summed E-state index contributed by atoms with van der Waals surface area (Å²) in [5.41, 5.74) is 1.52. The van der Waals surface area contributed by atoms with Gasteiger partial charge in [0.15, 0.2) is 17.1 Å². The van der Waals surface area contributed by atoms with Crippen molar-refractivity contribution in [2.75, 3.05) is 19.0 Å². The molecule has 0 saturated carbocycles. The second-order valence-corrected chi connectivity index (χ2v) is 7.52. The van der Waals surface area contributed by atoms with Gasteiger partial charge in [0, 0.05) is 17.6 Å². The van der Waals surface area contributed by atoms with Gasteiger partial charge in [-0.3, -0.25) is 4.79 Å². The molecule has 6 nitrogen and oxygen atoms in total. The van der Waals surface area contributed by atoms with Gasteiger partial charge in [-0.25, -0.2) is 4.39 Å². The summed E-state index contributed by atoms with van der Waals surface area (Å²) < 4.78 is 24.9. The topological polar surface area (TPSA) is 67.6 Å². The maximum atomic E-state index is 14.0. The number of rotatable bonds is 4. The predicted molar refractivity (Wildman–Crippen MR) is 109 cm³/mol. The van der Waals surface area contributed by atoms with Crippen LogP contribution >= 0.6 is 11.6 Å². The molecule has 2 atom stereocenters. The number of oxazole rings is 1. The first-order valence-electron chi connectivity index (χ1n) is 9.44. The number of piperidine rings is 1. The minimum Gasteiger partial charge on any atom is -0.493 e. The van der Waals surface area contributed by atoms with E-state index >= 15 is 0 Å². The highest BCUT2D eigenvalue weighted by Gasteiger charge is 2.33. The molecule has 1 saturated heterocycles. The number of para-hydroxylation sites is 1. The summed E-state index contributed by atoms with van der Waals surface area (Å²) in [7, 11) is 1.36. The lowest BCUT2D eigenvalue weighted by Crippen LogP contribution is -2.52. The van der Waals surface area contributed by atoms with Gasteiger partial charge >= 0.3 is 0 Å². The molecule has 1 N–H and O–H groups in total. The normalized spacial score (nSPS) is 19.4. The molecule has 152 valence electrons. The van der Waals surface area contributed by atoms with Gasteiger partial charge in [0.05, 0.1) is 18.7 Å². The molecule has 0 unspecified atom stereocenters. The molecule has 2 aromatic carbocycles. The van der Waals surface area contributed by atoms with Crippen LogP contribution in [-0.4, -0.2) is 41.5 Å². The number of amides is 1.